The lowest BCUT2D eigenvalue weighted by atomic mass is 10.0. The van der Waals surface area contributed by atoms with Gasteiger partial charge in [-0.25, -0.2) is 8.42 Å². The van der Waals surface area contributed by atoms with Crippen LogP contribution in [0.15, 0.2) is 70.0 Å². The molecule has 1 aliphatic rings. The van der Waals surface area contributed by atoms with Gasteiger partial charge in [-0.2, -0.15) is 5.26 Å². The molecule has 2 aromatic carbocycles. The van der Waals surface area contributed by atoms with Crippen LogP contribution >= 0.6 is 0 Å². The zero-order valence-corrected chi connectivity index (χ0v) is 14.7. The molecule has 4 nitrogen and oxygen atoms in total. The minimum absolute atomic E-state index is 0.108. The van der Waals surface area contributed by atoms with Crippen molar-refractivity contribution in [3.63, 3.8) is 0 Å². The number of para-hydroxylation sites is 1. The highest BCUT2D eigenvalue weighted by Crippen LogP contribution is 2.31. The van der Waals surface area contributed by atoms with Gasteiger partial charge in [0.25, 0.3) is 0 Å². The molecule has 0 aliphatic carbocycles. The highest BCUT2D eigenvalue weighted by Gasteiger charge is 2.24. The first-order valence-corrected chi connectivity index (χ1v) is 9.31. The molecule has 25 heavy (non-hydrogen) atoms. The van der Waals surface area contributed by atoms with Crippen LogP contribution in [-0.4, -0.2) is 14.5 Å². The predicted octanol–water partition coefficient (Wildman–Crippen LogP) is 4.04. The van der Waals surface area contributed by atoms with Crippen LogP contribution in [0.3, 0.4) is 0 Å². The number of hydrogen-bond acceptors (Lipinski definition) is 4. The molecule has 0 bridgehead atoms. The summed E-state index contributed by atoms with van der Waals surface area (Å²) in [4.78, 5) is -0.186. The molecule has 1 aliphatic heterocycles. The van der Waals surface area contributed by atoms with Crippen molar-refractivity contribution < 1.29 is 13.2 Å². The molecule has 1 heterocycles. The van der Waals surface area contributed by atoms with Crippen molar-refractivity contribution in [1.29, 1.82) is 5.26 Å². The number of nitrogens with zero attached hydrogens (tertiary/aromatic N) is 1. The van der Waals surface area contributed by atoms with E-state index in [0.717, 1.165) is 16.9 Å². The molecule has 0 fully saturated rings. The molecule has 1 atom stereocenters. The topological polar surface area (TPSA) is 67.2 Å². The maximum absolute atomic E-state index is 12.7. The van der Waals surface area contributed by atoms with Gasteiger partial charge >= 0.3 is 0 Å². The van der Waals surface area contributed by atoms with E-state index in [1.54, 1.807) is 12.1 Å². The summed E-state index contributed by atoms with van der Waals surface area (Å²) in [5, 5.41) is 9.42. The van der Waals surface area contributed by atoms with E-state index in [0.29, 0.717) is 5.57 Å². The third kappa shape index (κ3) is 3.35. The van der Waals surface area contributed by atoms with Gasteiger partial charge in [0.15, 0.2) is 0 Å². The van der Waals surface area contributed by atoms with Crippen LogP contribution in [-0.2, 0) is 9.84 Å². The average molecular weight is 351 g/mol. The molecule has 2 aromatic rings. The minimum Gasteiger partial charge on any atom is -0.485 e. The second-order valence-electron chi connectivity index (χ2n) is 5.88. The Hall–Kier alpha value is -2.84. The molecule has 0 saturated carbocycles. The Morgan fingerprint density at radius 2 is 1.84 bits per heavy atom. The minimum atomic E-state index is -3.86. The largest absolute Gasteiger partial charge is 0.485 e. The summed E-state index contributed by atoms with van der Waals surface area (Å²) in [6.07, 6.45) is 2.91. The summed E-state index contributed by atoms with van der Waals surface area (Å²) in [6.45, 7) is 3.70. The smallest absolute Gasteiger partial charge is 0.216 e. The summed E-state index contributed by atoms with van der Waals surface area (Å²) < 4.78 is 31.3. The molecule has 0 saturated heterocycles. The van der Waals surface area contributed by atoms with E-state index in [4.69, 9.17) is 4.74 Å². The Labute approximate surface area is 147 Å². The van der Waals surface area contributed by atoms with Crippen molar-refractivity contribution in [2.75, 3.05) is 0 Å². The third-order valence-corrected chi connectivity index (χ3v) is 5.72. The molecule has 0 spiro atoms. The van der Waals surface area contributed by atoms with Gasteiger partial charge in [0.1, 0.15) is 22.8 Å². The van der Waals surface area contributed by atoms with Gasteiger partial charge in [-0.05, 0) is 49.8 Å². The fourth-order valence-corrected chi connectivity index (χ4v) is 3.75. The van der Waals surface area contributed by atoms with E-state index in [-0.39, 0.29) is 15.9 Å². The van der Waals surface area contributed by atoms with Crippen LogP contribution < -0.4 is 4.74 Å². The highest BCUT2D eigenvalue weighted by molar-refractivity contribution is 7.95. The lowest BCUT2D eigenvalue weighted by Gasteiger charge is -2.23. The molecule has 0 aromatic heterocycles. The van der Waals surface area contributed by atoms with Crippen molar-refractivity contribution in [3.05, 3.63) is 76.2 Å². The quantitative estimate of drug-likeness (QED) is 0.783. The molecule has 0 radical (unpaired) electrons. The van der Waals surface area contributed by atoms with Gasteiger partial charge in [0, 0.05) is 5.56 Å². The number of rotatable bonds is 3. The SMILES string of the molecule is Cc1ccc(S(=O)(=O)/C(C#N)=C/C2=Cc3ccccc3OC2C)cc1. The number of nitriles is 1. The molecule has 3 rings (SSSR count). The van der Waals surface area contributed by atoms with E-state index >= 15 is 0 Å². The average Bonchev–Trinajstić information content (AvgIpc) is 2.60. The molecule has 0 amide bonds. The fourth-order valence-electron chi connectivity index (χ4n) is 2.59. The van der Waals surface area contributed by atoms with Crippen molar-refractivity contribution in [2.24, 2.45) is 0 Å². The van der Waals surface area contributed by atoms with E-state index in [1.807, 2.05) is 50.3 Å². The van der Waals surface area contributed by atoms with E-state index in [9.17, 15) is 13.7 Å². The molecular weight excluding hydrogens is 334 g/mol. The van der Waals surface area contributed by atoms with Gasteiger partial charge < -0.3 is 4.74 Å². The van der Waals surface area contributed by atoms with Crippen LogP contribution in [0.4, 0.5) is 0 Å². The monoisotopic (exact) mass is 351 g/mol. The first kappa shape index (κ1) is 17.0. The molecule has 1 unspecified atom stereocenters. The maximum Gasteiger partial charge on any atom is 0.216 e. The Morgan fingerprint density at radius 3 is 2.52 bits per heavy atom. The van der Waals surface area contributed by atoms with E-state index < -0.39 is 9.84 Å². The molecule has 5 heteroatoms. The Morgan fingerprint density at radius 1 is 1.16 bits per heavy atom. The van der Waals surface area contributed by atoms with E-state index in [2.05, 4.69) is 0 Å². The number of ether oxygens (including phenoxy) is 1. The molecule has 126 valence electrons. The third-order valence-electron chi connectivity index (χ3n) is 4.04. The number of hydrogen-bond donors (Lipinski definition) is 0. The summed E-state index contributed by atoms with van der Waals surface area (Å²) >= 11 is 0. The number of aryl methyl sites for hydroxylation is 1. The standard InChI is InChI=1S/C20H17NO3S/c1-14-7-9-18(10-8-14)25(22,23)19(13-21)12-17-11-16-5-3-4-6-20(16)24-15(17)2/h3-12,15H,1-2H3/b19-12+. The van der Waals surface area contributed by atoms with Crippen molar-refractivity contribution in [3.8, 4) is 11.8 Å². The van der Waals surface area contributed by atoms with Crippen molar-refractivity contribution in [2.45, 2.75) is 24.8 Å². The van der Waals surface area contributed by atoms with Crippen molar-refractivity contribution >= 4 is 15.9 Å². The second-order valence-corrected chi connectivity index (χ2v) is 7.80. The van der Waals surface area contributed by atoms with Crippen LogP contribution in [0.1, 0.15) is 18.1 Å². The fraction of sp³-hybridized carbons (Fsp3) is 0.150. The summed E-state index contributed by atoms with van der Waals surface area (Å²) in [7, 11) is -3.86. The first-order chi connectivity index (χ1) is 11.9. The first-order valence-electron chi connectivity index (χ1n) is 7.82. The van der Waals surface area contributed by atoms with Crippen LogP contribution in [0.2, 0.25) is 0 Å². The number of sulfone groups is 1. The lowest BCUT2D eigenvalue weighted by Crippen LogP contribution is -2.18. The summed E-state index contributed by atoms with van der Waals surface area (Å²) in [6, 6.07) is 15.8. The Bertz CT molecular complexity index is 1010. The highest BCUT2D eigenvalue weighted by atomic mass is 32.2. The van der Waals surface area contributed by atoms with Crippen LogP contribution in [0.25, 0.3) is 6.08 Å². The number of allylic oxidation sites excluding steroid dienone is 1. The zero-order chi connectivity index (χ0) is 18.0. The normalized spacial score (nSPS) is 17.1. The number of benzene rings is 2. The van der Waals surface area contributed by atoms with Crippen molar-refractivity contribution in [1.82, 2.24) is 0 Å². The Kier molecular flexibility index (Phi) is 4.47. The van der Waals surface area contributed by atoms with Gasteiger partial charge in [-0.3, -0.25) is 0 Å². The second kappa shape index (κ2) is 6.58. The predicted molar refractivity (Wildman–Crippen MR) is 96.6 cm³/mol. The van der Waals surface area contributed by atoms with Crippen LogP contribution in [0.5, 0.6) is 5.75 Å². The lowest BCUT2D eigenvalue weighted by molar-refractivity contribution is 0.257. The Balaban J connectivity index is 2.05. The summed E-state index contributed by atoms with van der Waals surface area (Å²) in [5.41, 5.74) is 2.46. The van der Waals surface area contributed by atoms with Gasteiger partial charge in [-0.1, -0.05) is 35.9 Å². The van der Waals surface area contributed by atoms with Gasteiger partial charge in [0.05, 0.1) is 4.90 Å². The van der Waals surface area contributed by atoms with Crippen LogP contribution in [0, 0.1) is 18.3 Å². The molecule has 0 N–H and O–H groups in total. The number of fused-ring (bicyclic) bond motifs is 1. The van der Waals surface area contributed by atoms with E-state index in [1.165, 1.54) is 18.2 Å². The van der Waals surface area contributed by atoms with Gasteiger partial charge in [-0.15, -0.1) is 0 Å². The maximum atomic E-state index is 12.7. The molecular formula is C20H17NO3S. The zero-order valence-electron chi connectivity index (χ0n) is 13.9. The summed E-state index contributed by atoms with van der Waals surface area (Å²) in [5.74, 6) is 0.743. The van der Waals surface area contributed by atoms with Gasteiger partial charge in [0.2, 0.25) is 9.84 Å².